The van der Waals surface area contributed by atoms with Gasteiger partial charge in [0, 0.05) is 18.3 Å². The van der Waals surface area contributed by atoms with Crippen molar-refractivity contribution in [1.29, 1.82) is 0 Å². The molecule has 0 fully saturated rings. The van der Waals surface area contributed by atoms with E-state index in [9.17, 15) is 4.79 Å². The summed E-state index contributed by atoms with van der Waals surface area (Å²) in [5.74, 6) is 2.16. The van der Waals surface area contributed by atoms with E-state index >= 15 is 0 Å². The van der Waals surface area contributed by atoms with Crippen LogP contribution in [0.15, 0.2) is 66.9 Å². The van der Waals surface area contributed by atoms with Crippen molar-refractivity contribution in [2.45, 2.75) is 19.6 Å². The van der Waals surface area contributed by atoms with Gasteiger partial charge in [-0.1, -0.05) is 36.4 Å². The van der Waals surface area contributed by atoms with Crippen LogP contribution in [0.2, 0.25) is 0 Å². The molecule has 0 saturated heterocycles. The highest BCUT2D eigenvalue weighted by Gasteiger charge is 2.27. The lowest BCUT2D eigenvalue weighted by Gasteiger charge is -2.25. The normalized spacial score (nSPS) is 15.0. The minimum absolute atomic E-state index is 0.169. The second kappa shape index (κ2) is 8.00. The first-order valence-electron chi connectivity index (χ1n) is 9.04. The highest BCUT2D eigenvalue weighted by molar-refractivity contribution is 5.81. The number of fused-ring (bicyclic) bond motifs is 1. The number of benzene rings is 2. The third-order valence-electron chi connectivity index (χ3n) is 4.40. The number of rotatable bonds is 5. The van der Waals surface area contributed by atoms with E-state index in [1.54, 1.807) is 12.3 Å². The lowest BCUT2D eigenvalue weighted by Crippen LogP contribution is -2.43. The largest absolute Gasteiger partial charge is 0.485 e. The fraction of sp³-hybridized carbons (Fsp3) is 0.182. The van der Waals surface area contributed by atoms with Crippen LogP contribution in [0.25, 0.3) is 0 Å². The predicted molar refractivity (Wildman–Crippen MR) is 104 cm³/mol. The maximum absolute atomic E-state index is 12.5. The molecule has 1 atom stereocenters. The average Bonchev–Trinajstić information content (AvgIpc) is 2.74. The third-order valence-corrected chi connectivity index (χ3v) is 4.40. The van der Waals surface area contributed by atoms with Crippen LogP contribution in [0, 0.1) is 6.92 Å². The quantitative estimate of drug-likeness (QED) is 0.736. The maximum Gasteiger partial charge on any atom is 0.264 e. The van der Waals surface area contributed by atoms with E-state index in [1.165, 1.54) is 0 Å². The summed E-state index contributed by atoms with van der Waals surface area (Å²) in [7, 11) is 0. The van der Waals surface area contributed by atoms with Gasteiger partial charge in [0.1, 0.15) is 12.4 Å². The van der Waals surface area contributed by atoms with Crippen LogP contribution in [0.1, 0.15) is 11.1 Å². The second-order valence-corrected chi connectivity index (χ2v) is 6.42. The van der Waals surface area contributed by atoms with E-state index in [1.807, 2.05) is 61.5 Å². The van der Waals surface area contributed by atoms with Crippen LogP contribution in [-0.4, -0.2) is 23.6 Å². The van der Waals surface area contributed by atoms with E-state index in [0.717, 1.165) is 16.9 Å². The van der Waals surface area contributed by atoms with Gasteiger partial charge in [-0.25, -0.2) is 4.98 Å². The maximum atomic E-state index is 12.5. The molecule has 1 N–H and O–H groups in total. The molecule has 0 aliphatic carbocycles. The van der Waals surface area contributed by atoms with Crippen LogP contribution in [0.3, 0.4) is 0 Å². The molecule has 0 spiro atoms. The lowest BCUT2D eigenvalue weighted by atomic mass is 10.2. The van der Waals surface area contributed by atoms with Crippen molar-refractivity contribution in [2.75, 3.05) is 6.61 Å². The van der Waals surface area contributed by atoms with E-state index < -0.39 is 6.10 Å². The molecule has 1 aromatic heterocycles. The first-order valence-corrected chi connectivity index (χ1v) is 9.04. The van der Waals surface area contributed by atoms with Crippen molar-refractivity contribution < 1.29 is 19.0 Å². The van der Waals surface area contributed by atoms with Gasteiger partial charge in [0.15, 0.2) is 11.5 Å². The van der Waals surface area contributed by atoms with Gasteiger partial charge in [-0.3, -0.25) is 4.79 Å². The van der Waals surface area contributed by atoms with Gasteiger partial charge in [0.2, 0.25) is 12.0 Å². The van der Waals surface area contributed by atoms with Gasteiger partial charge >= 0.3 is 0 Å². The summed E-state index contributed by atoms with van der Waals surface area (Å²) in [4.78, 5) is 16.8. The number of hydrogen-bond donors (Lipinski definition) is 1. The molecule has 2 aromatic carbocycles. The highest BCUT2D eigenvalue weighted by Crippen LogP contribution is 2.31. The van der Waals surface area contributed by atoms with Gasteiger partial charge < -0.3 is 19.5 Å². The summed E-state index contributed by atoms with van der Waals surface area (Å²) in [6.45, 7) is 2.41. The molecule has 1 amide bonds. The fourth-order valence-corrected chi connectivity index (χ4v) is 2.87. The van der Waals surface area contributed by atoms with Crippen molar-refractivity contribution in [3.63, 3.8) is 0 Å². The molecule has 28 heavy (non-hydrogen) atoms. The molecule has 142 valence electrons. The highest BCUT2D eigenvalue weighted by atomic mass is 16.6. The van der Waals surface area contributed by atoms with E-state index in [4.69, 9.17) is 14.2 Å². The van der Waals surface area contributed by atoms with Crippen LogP contribution in [-0.2, 0) is 11.3 Å². The Bertz CT molecular complexity index is 990. The van der Waals surface area contributed by atoms with E-state index in [2.05, 4.69) is 10.3 Å². The van der Waals surface area contributed by atoms with Crippen molar-refractivity contribution in [3.05, 3.63) is 78.0 Å². The van der Waals surface area contributed by atoms with Crippen molar-refractivity contribution >= 4 is 5.91 Å². The molecule has 0 saturated carbocycles. The summed E-state index contributed by atoms with van der Waals surface area (Å²) >= 11 is 0. The molecule has 0 radical (unpaired) electrons. The summed E-state index contributed by atoms with van der Waals surface area (Å²) in [5.41, 5.74) is 1.78. The number of aryl methyl sites for hydroxylation is 1. The Labute approximate surface area is 163 Å². The third kappa shape index (κ3) is 3.91. The summed E-state index contributed by atoms with van der Waals surface area (Å²) in [5, 5.41) is 2.88. The van der Waals surface area contributed by atoms with Gasteiger partial charge in [-0.15, -0.1) is 0 Å². The first kappa shape index (κ1) is 17.9. The Morgan fingerprint density at radius 1 is 1.11 bits per heavy atom. The topological polar surface area (TPSA) is 69.7 Å². The molecule has 2 heterocycles. The zero-order valence-corrected chi connectivity index (χ0v) is 15.4. The Hall–Kier alpha value is -3.54. The van der Waals surface area contributed by atoms with Crippen LogP contribution >= 0.6 is 0 Å². The molecule has 0 bridgehead atoms. The number of para-hydroxylation sites is 3. The lowest BCUT2D eigenvalue weighted by molar-refractivity contribution is -0.130. The number of aromatic nitrogens is 1. The second-order valence-electron chi connectivity index (χ2n) is 6.42. The summed E-state index contributed by atoms with van der Waals surface area (Å²) in [6, 6.07) is 18.7. The SMILES string of the molecule is Cc1ccccc1Oc1ncccc1CNC(=O)C1COc2ccccc2O1. The minimum atomic E-state index is -0.702. The summed E-state index contributed by atoms with van der Waals surface area (Å²) < 4.78 is 17.3. The smallest absolute Gasteiger partial charge is 0.264 e. The van der Waals surface area contributed by atoms with Crippen LogP contribution < -0.4 is 19.5 Å². The fourth-order valence-electron chi connectivity index (χ4n) is 2.87. The standard InChI is InChI=1S/C22H20N2O4/c1-15-7-2-3-9-17(15)28-22-16(8-6-12-23-22)13-24-21(25)20-14-26-18-10-4-5-11-19(18)27-20/h2-12,20H,13-14H2,1H3,(H,24,25). The molecule has 1 aliphatic rings. The van der Waals surface area contributed by atoms with Crippen molar-refractivity contribution in [3.8, 4) is 23.1 Å². The zero-order chi connectivity index (χ0) is 19.3. The molecule has 1 unspecified atom stereocenters. The number of nitrogens with zero attached hydrogens (tertiary/aromatic N) is 1. The predicted octanol–water partition coefficient (Wildman–Crippen LogP) is 3.64. The monoisotopic (exact) mass is 376 g/mol. The number of carbonyl (C=O) groups is 1. The minimum Gasteiger partial charge on any atom is -0.485 e. The number of nitrogens with one attached hydrogen (secondary N) is 1. The molecule has 6 nitrogen and oxygen atoms in total. The van der Waals surface area contributed by atoms with E-state index in [-0.39, 0.29) is 19.1 Å². The molecule has 1 aliphatic heterocycles. The molecule has 4 rings (SSSR count). The Morgan fingerprint density at radius 2 is 1.89 bits per heavy atom. The Balaban J connectivity index is 1.41. The summed E-state index contributed by atoms with van der Waals surface area (Å²) in [6.07, 6.45) is 0.959. The first-order chi connectivity index (χ1) is 13.7. The number of pyridine rings is 1. The Kier molecular flexibility index (Phi) is 5.10. The van der Waals surface area contributed by atoms with Crippen molar-refractivity contribution in [2.24, 2.45) is 0 Å². The van der Waals surface area contributed by atoms with Crippen molar-refractivity contribution in [1.82, 2.24) is 10.3 Å². The van der Waals surface area contributed by atoms with Gasteiger partial charge in [-0.2, -0.15) is 0 Å². The van der Waals surface area contributed by atoms with Gasteiger partial charge in [0.25, 0.3) is 5.91 Å². The van der Waals surface area contributed by atoms with Crippen LogP contribution in [0.5, 0.6) is 23.1 Å². The molecular formula is C22H20N2O4. The van der Waals surface area contributed by atoms with Crippen LogP contribution in [0.4, 0.5) is 0 Å². The van der Waals surface area contributed by atoms with E-state index in [0.29, 0.717) is 17.4 Å². The Morgan fingerprint density at radius 3 is 2.75 bits per heavy atom. The number of amides is 1. The van der Waals surface area contributed by atoms with Gasteiger partial charge in [0.05, 0.1) is 0 Å². The number of ether oxygens (including phenoxy) is 3. The van der Waals surface area contributed by atoms with Gasteiger partial charge in [-0.05, 0) is 36.8 Å². The average molecular weight is 376 g/mol. The number of carbonyl (C=O) groups excluding carboxylic acids is 1. The molecular weight excluding hydrogens is 356 g/mol. The zero-order valence-electron chi connectivity index (χ0n) is 15.4. The number of hydrogen-bond acceptors (Lipinski definition) is 5. The molecule has 3 aromatic rings. The molecule has 6 heteroatoms.